The monoisotopic (exact) mass is 179 g/mol. The summed E-state index contributed by atoms with van der Waals surface area (Å²) >= 11 is 0. The zero-order chi connectivity index (χ0) is 9.84. The van der Waals surface area contributed by atoms with Gasteiger partial charge in [-0.3, -0.25) is 0 Å². The van der Waals surface area contributed by atoms with E-state index in [1.54, 1.807) is 6.92 Å². The van der Waals surface area contributed by atoms with E-state index in [0.29, 0.717) is 0 Å². The van der Waals surface area contributed by atoms with Crippen LogP contribution in [0.1, 0.15) is 19.4 Å². The smallest absolute Gasteiger partial charge is 0.0710 e. The average Bonchev–Trinajstić information content (AvgIpc) is 2.08. The van der Waals surface area contributed by atoms with E-state index in [1.165, 1.54) is 5.56 Å². The first-order valence-corrected chi connectivity index (χ1v) is 4.61. The highest BCUT2D eigenvalue weighted by Gasteiger charge is 2.08. The second kappa shape index (κ2) is 4.28. The van der Waals surface area contributed by atoms with Crippen molar-refractivity contribution in [1.82, 2.24) is 0 Å². The van der Waals surface area contributed by atoms with Crippen LogP contribution in [0.2, 0.25) is 0 Å². The molecule has 0 aliphatic rings. The number of anilines is 1. The van der Waals surface area contributed by atoms with E-state index in [4.69, 9.17) is 0 Å². The molecule has 0 heterocycles. The molecule has 0 spiro atoms. The molecule has 1 rings (SSSR count). The molecule has 2 nitrogen and oxygen atoms in total. The van der Waals surface area contributed by atoms with Gasteiger partial charge in [0.2, 0.25) is 0 Å². The summed E-state index contributed by atoms with van der Waals surface area (Å²) < 4.78 is 0. The van der Waals surface area contributed by atoms with Crippen LogP contribution in [-0.4, -0.2) is 17.3 Å². The molecule has 0 saturated carbocycles. The van der Waals surface area contributed by atoms with Gasteiger partial charge in [-0.25, -0.2) is 0 Å². The lowest BCUT2D eigenvalue weighted by molar-refractivity contribution is 0.178. The van der Waals surface area contributed by atoms with Gasteiger partial charge in [-0.2, -0.15) is 0 Å². The quantitative estimate of drug-likeness (QED) is 0.745. The second-order valence-corrected chi connectivity index (χ2v) is 3.49. The number of aliphatic hydroxyl groups excluding tert-OH is 1. The number of aryl methyl sites for hydroxylation is 1. The maximum absolute atomic E-state index is 9.31. The third-order valence-corrected chi connectivity index (χ3v) is 2.25. The molecule has 1 aromatic rings. The number of hydrogen-bond acceptors (Lipinski definition) is 2. The van der Waals surface area contributed by atoms with Gasteiger partial charge in [-0.05, 0) is 32.4 Å². The van der Waals surface area contributed by atoms with Gasteiger partial charge in [0.25, 0.3) is 0 Å². The van der Waals surface area contributed by atoms with Crippen molar-refractivity contribution < 1.29 is 5.11 Å². The van der Waals surface area contributed by atoms with Gasteiger partial charge in [0.1, 0.15) is 0 Å². The van der Waals surface area contributed by atoms with Crippen molar-refractivity contribution >= 4 is 5.69 Å². The Labute approximate surface area is 79.6 Å². The van der Waals surface area contributed by atoms with Crippen LogP contribution in [0.15, 0.2) is 24.3 Å². The minimum absolute atomic E-state index is 0.0844. The molecular formula is C11H17NO. The summed E-state index contributed by atoms with van der Waals surface area (Å²) in [6, 6.07) is 8.16. The molecule has 2 atom stereocenters. The lowest BCUT2D eigenvalue weighted by Gasteiger charge is -2.19. The summed E-state index contributed by atoms with van der Waals surface area (Å²) in [5, 5.41) is 12.6. The van der Waals surface area contributed by atoms with Crippen molar-refractivity contribution in [3.63, 3.8) is 0 Å². The minimum atomic E-state index is -0.334. The van der Waals surface area contributed by atoms with Crippen LogP contribution in [0.3, 0.4) is 0 Å². The van der Waals surface area contributed by atoms with E-state index in [2.05, 4.69) is 18.3 Å². The predicted octanol–water partition coefficient (Wildman–Crippen LogP) is 2.18. The Kier molecular flexibility index (Phi) is 3.32. The zero-order valence-corrected chi connectivity index (χ0v) is 8.41. The van der Waals surface area contributed by atoms with E-state index in [1.807, 2.05) is 25.1 Å². The molecule has 0 aliphatic carbocycles. The molecule has 0 aromatic heterocycles. The number of nitrogens with one attached hydrogen (secondary N) is 1. The van der Waals surface area contributed by atoms with Crippen molar-refractivity contribution in [2.75, 3.05) is 5.32 Å². The topological polar surface area (TPSA) is 32.3 Å². The van der Waals surface area contributed by atoms with Gasteiger partial charge in [0.15, 0.2) is 0 Å². The molecule has 0 aliphatic heterocycles. The lowest BCUT2D eigenvalue weighted by atomic mass is 10.1. The number of para-hydroxylation sites is 1. The average molecular weight is 179 g/mol. The van der Waals surface area contributed by atoms with Crippen LogP contribution < -0.4 is 5.32 Å². The van der Waals surface area contributed by atoms with Gasteiger partial charge in [0.05, 0.1) is 6.10 Å². The highest BCUT2D eigenvalue weighted by Crippen LogP contribution is 2.14. The number of benzene rings is 1. The van der Waals surface area contributed by atoms with Gasteiger partial charge in [0, 0.05) is 11.7 Å². The highest BCUT2D eigenvalue weighted by atomic mass is 16.3. The molecular weight excluding hydrogens is 162 g/mol. The first-order valence-electron chi connectivity index (χ1n) is 4.61. The highest BCUT2D eigenvalue weighted by molar-refractivity contribution is 5.50. The summed E-state index contributed by atoms with van der Waals surface area (Å²) in [5.74, 6) is 0. The third-order valence-electron chi connectivity index (χ3n) is 2.25. The van der Waals surface area contributed by atoms with Gasteiger partial charge in [-0.1, -0.05) is 18.2 Å². The van der Waals surface area contributed by atoms with Crippen molar-refractivity contribution in [3.05, 3.63) is 29.8 Å². The zero-order valence-electron chi connectivity index (χ0n) is 8.41. The summed E-state index contributed by atoms with van der Waals surface area (Å²) in [6.45, 7) is 5.81. The summed E-state index contributed by atoms with van der Waals surface area (Å²) in [5.41, 5.74) is 2.30. The fraction of sp³-hybridized carbons (Fsp3) is 0.455. The fourth-order valence-electron chi connectivity index (χ4n) is 1.10. The van der Waals surface area contributed by atoms with Crippen molar-refractivity contribution in [2.24, 2.45) is 0 Å². The second-order valence-electron chi connectivity index (χ2n) is 3.49. The lowest BCUT2D eigenvalue weighted by Crippen LogP contribution is -2.28. The van der Waals surface area contributed by atoms with Gasteiger partial charge >= 0.3 is 0 Å². The fourth-order valence-corrected chi connectivity index (χ4v) is 1.10. The Balaban J connectivity index is 2.69. The van der Waals surface area contributed by atoms with Crippen molar-refractivity contribution in [1.29, 1.82) is 0 Å². The normalized spacial score (nSPS) is 15.1. The van der Waals surface area contributed by atoms with Crippen LogP contribution in [0.4, 0.5) is 5.69 Å². The molecule has 72 valence electrons. The Morgan fingerprint density at radius 1 is 1.23 bits per heavy atom. The summed E-state index contributed by atoms with van der Waals surface area (Å²) in [7, 11) is 0. The Morgan fingerprint density at radius 3 is 2.38 bits per heavy atom. The third kappa shape index (κ3) is 2.74. The minimum Gasteiger partial charge on any atom is -0.391 e. The van der Waals surface area contributed by atoms with Crippen LogP contribution in [0.25, 0.3) is 0 Å². The molecule has 0 amide bonds. The molecule has 2 unspecified atom stereocenters. The molecule has 0 saturated heterocycles. The number of rotatable bonds is 3. The summed E-state index contributed by atoms with van der Waals surface area (Å²) in [4.78, 5) is 0. The molecule has 0 radical (unpaired) electrons. The molecule has 0 fully saturated rings. The first kappa shape index (κ1) is 10.1. The SMILES string of the molecule is Cc1ccccc1NC(C)C(C)O. The van der Waals surface area contributed by atoms with Gasteiger partial charge in [-0.15, -0.1) is 0 Å². The predicted molar refractivity (Wildman–Crippen MR) is 55.9 cm³/mol. The van der Waals surface area contributed by atoms with Gasteiger partial charge < -0.3 is 10.4 Å². The van der Waals surface area contributed by atoms with Crippen LogP contribution >= 0.6 is 0 Å². The maximum Gasteiger partial charge on any atom is 0.0710 e. The number of aliphatic hydroxyl groups is 1. The van der Waals surface area contributed by atoms with E-state index in [-0.39, 0.29) is 12.1 Å². The molecule has 2 heteroatoms. The van der Waals surface area contributed by atoms with Crippen LogP contribution in [-0.2, 0) is 0 Å². The Hall–Kier alpha value is -1.02. The van der Waals surface area contributed by atoms with E-state index < -0.39 is 0 Å². The van der Waals surface area contributed by atoms with E-state index in [0.717, 1.165) is 5.69 Å². The molecule has 13 heavy (non-hydrogen) atoms. The summed E-state index contributed by atoms with van der Waals surface area (Å²) in [6.07, 6.45) is -0.334. The van der Waals surface area contributed by atoms with E-state index in [9.17, 15) is 5.11 Å². The Bertz CT molecular complexity index is 271. The first-order chi connectivity index (χ1) is 6.11. The van der Waals surface area contributed by atoms with Crippen molar-refractivity contribution in [3.8, 4) is 0 Å². The number of hydrogen-bond donors (Lipinski definition) is 2. The molecule has 1 aromatic carbocycles. The standard InChI is InChI=1S/C11H17NO/c1-8-6-4-5-7-11(8)12-9(2)10(3)13/h4-7,9-10,12-13H,1-3H3. The van der Waals surface area contributed by atoms with Crippen LogP contribution in [0.5, 0.6) is 0 Å². The Morgan fingerprint density at radius 2 is 1.85 bits per heavy atom. The van der Waals surface area contributed by atoms with Crippen LogP contribution in [0, 0.1) is 6.92 Å². The molecule has 0 bridgehead atoms. The largest absolute Gasteiger partial charge is 0.391 e. The molecule has 2 N–H and O–H groups in total. The maximum atomic E-state index is 9.31. The van der Waals surface area contributed by atoms with Crippen molar-refractivity contribution in [2.45, 2.75) is 32.9 Å². The van der Waals surface area contributed by atoms with E-state index >= 15 is 0 Å².